The van der Waals surface area contributed by atoms with Crippen molar-refractivity contribution in [3.63, 3.8) is 0 Å². The van der Waals surface area contributed by atoms with Gasteiger partial charge in [-0.05, 0) is 67.8 Å². The van der Waals surface area contributed by atoms with Gasteiger partial charge in [-0.15, -0.1) is 0 Å². The third-order valence-corrected chi connectivity index (χ3v) is 7.34. The minimum absolute atomic E-state index is 0.416. The summed E-state index contributed by atoms with van der Waals surface area (Å²) in [6, 6.07) is 17.8. The van der Waals surface area contributed by atoms with E-state index in [1.807, 2.05) is 36.4 Å². The molecule has 7 heteroatoms. The summed E-state index contributed by atoms with van der Waals surface area (Å²) in [6.07, 6.45) is 4.96. The standard InChI is InChI=1S/C30H31ClN4O2/c1-30(2,36)22-7-10-29-26(18-22)24(25-5-3-11-33-27(25)20-37-29)6-4-12-34-13-15-35(16-14-34)28-9-8-23(31)17-21(28)19-32/h3,5-11,17-18,36H,4,12-16,20H2,1-2H3. The first-order chi connectivity index (χ1) is 17.8. The number of hydrogen-bond acceptors (Lipinski definition) is 6. The zero-order chi connectivity index (χ0) is 26.0. The predicted octanol–water partition coefficient (Wildman–Crippen LogP) is 5.37. The van der Waals surface area contributed by atoms with Gasteiger partial charge in [0.05, 0.1) is 22.5 Å². The molecule has 1 N–H and O–H groups in total. The van der Waals surface area contributed by atoms with Crippen LogP contribution < -0.4 is 9.64 Å². The van der Waals surface area contributed by atoms with Gasteiger partial charge in [0.15, 0.2) is 0 Å². The molecule has 3 aromatic rings. The lowest BCUT2D eigenvalue weighted by Gasteiger charge is -2.36. The zero-order valence-electron chi connectivity index (χ0n) is 21.2. The molecule has 0 radical (unpaired) electrons. The summed E-state index contributed by atoms with van der Waals surface area (Å²) in [4.78, 5) is 9.30. The van der Waals surface area contributed by atoms with Crippen LogP contribution >= 0.6 is 11.6 Å². The van der Waals surface area contributed by atoms with E-state index in [0.29, 0.717) is 17.2 Å². The van der Waals surface area contributed by atoms with Gasteiger partial charge in [-0.2, -0.15) is 5.26 Å². The summed E-state index contributed by atoms with van der Waals surface area (Å²) >= 11 is 6.08. The molecule has 0 unspecified atom stereocenters. The number of halogens is 1. The smallest absolute Gasteiger partial charge is 0.131 e. The summed E-state index contributed by atoms with van der Waals surface area (Å²) in [5, 5.41) is 20.7. The number of nitrogens with zero attached hydrogens (tertiary/aromatic N) is 4. The molecule has 2 aliphatic rings. The molecule has 1 saturated heterocycles. The van der Waals surface area contributed by atoms with E-state index in [2.05, 4.69) is 33.0 Å². The van der Waals surface area contributed by atoms with Crippen molar-refractivity contribution >= 4 is 22.9 Å². The second kappa shape index (κ2) is 10.5. The molecule has 5 rings (SSSR count). The molecule has 190 valence electrons. The fourth-order valence-electron chi connectivity index (χ4n) is 5.03. The van der Waals surface area contributed by atoms with Crippen molar-refractivity contribution in [2.75, 3.05) is 37.6 Å². The maximum absolute atomic E-state index is 10.6. The number of pyridine rings is 1. The van der Waals surface area contributed by atoms with Crippen LogP contribution in [-0.2, 0) is 12.2 Å². The van der Waals surface area contributed by atoms with Gasteiger partial charge < -0.3 is 14.7 Å². The van der Waals surface area contributed by atoms with E-state index < -0.39 is 5.60 Å². The molecular weight excluding hydrogens is 484 g/mol. The highest BCUT2D eigenvalue weighted by Gasteiger charge is 2.24. The second-order valence-electron chi connectivity index (χ2n) is 10.1. The van der Waals surface area contributed by atoms with Gasteiger partial charge in [0, 0.05) is 55.1 Å². The van der Waals surface area contributed by atoms with Gasteiger partial charge >= 0.3 is 0 Å². The Balaban J connectivity index is 1.33. The molecule has 6 nitrogen and oxygen atoms in total. The Hall–Kier alpha value is -3.37. The number of rotatable bonds is 5. The minimum atomic E-state index is -0.945. The van der Waals surface area contributed by atoms with E-state index in [4.69, 9.17) is 16.3 Å². The van der Waals surface area contributed by atoms with Crippen LogP contribution in [-0.4, -0.2) is 47.7 Å². The lowest BCUT2D eigenvalue weighted by Crippen LogP contribution is -2.46. The number of benzene rings is 2. The summed E-state index contributed by atoms with van der Waals surface area (Å²) < 4.78 is 6.12. The predicted molar refractivity (Wildman–Crippen MR) is 147 cm³/mol. The van der Waals surface area contributed by atoms with E-state index in [1.54, 1.807) is 26.1 Å². The van der Waals surface area contributed by atoms with Crippen molar-refractivity contribution in [2.45, 2.75) is 32.5 Å². The Morgan fingerprint density at radius 2 is 1.92 bits per heavy atom. The molecule has 0 amide bonds. The van der Waals surface area contributed by atoms with Crippen molar-refractivity contribution in [1.29, 1.82) is 5.26 Å². The maximum atomic E-state index is 10.6. The first-order valence-corrected chi connectivity index (χ1v) is 13.0. The third-order valence-electron chi connectivity index (χ3n) is 7.11. The Labute approximate surface area is 223 Å². The van der Waals surface area contributed by atoms with Crippen LogP contribution in [0.1, 0.15) is 48.2 Å². The van der Waals surface area contributed by atoms with Crippen LogP contribution in [0.25, 0.3) is 5.57 Å². The Morgan fingerprint density at radius 3 is 2.68 bits per heavy atom. The molecule has 2 aromatic carbocycles. The molecule has 1 aromatic heterocycles. The molecule has 0 spiro atoms. The lowest BCUT2D eigenvalue weighted by atomic mass is 9.90. The molecular formula is C30H31ClN4O2. The highest BCUT2D eigenvalue weighted by atomic mass is 35.5. The van der Waals surface area contributed by atoms with Gasteiger partial charge in [0.2, 0.25) is 0 Å². The topological polar surface area (TPSA) is 72.6 Å². The number of fused-ring (bicyclic) bond motifs is 2. The largest absolute Gasteiger partial charge is 0.487 e. The van der Waals surface area contributed by atoms with Gasteiger partial charge in [-0.1, -0.05) is 29.8 Å². The summed E-state index contributed by atoms with van der Waals surface area (Å²) in [6.45, 7) is 8.54. The second-order valence-corrected chi connectivity index (χ2v) is 10.5. The quantitative estimate of drug-likeness (QED) is 0.493. The van der Waals surface area contributed by atoms with E-state index in [1.165, 1.54) is 0 Å². The monoisotopic (exact) mass is 514 g/mol. The number of ether oxygens (including phenoxy) is 1. The molecule has 0 aliphatic carbocycles. The molecule has 0 bridgehead atoms. The molecule has 0 saturated carbocycles. The highest BCUT2D eigenvalue weighted by Crippen LogP contribution is 2.38. The summed E-state index contributed by atoms with van der Waals surface area (Å²) in [7, 11) is 0. The Bertz CT molecular complexity index is 1360. The molecule has 2 aliphatic heterocycles. The first-order valence-electron chi connectivity index (χ1n) is 12.6. The average molecular weight is 515 g/mol. The van der Waals surface area contributed by atoms with E-state index >= 15 is 0 Å². The van der Waals surface area contributed by atoms with Crippen molar-refractivity contribution in [3.8, 4) is 11.8 Å². The SMILES string of the molecule is CC(C)(O)c1ccc2c(c1)C(=CCCN1CCN(c3ccc(Cl)cc3C#N)CC1)c1cccnc1CO2. The third kappa shape index (κ3) is 5.50. The fourth-order valence-corrected chi connectivity index (χ4v) is 5.21. The number of anilines is 1. The van der Waals surface area contributed by atoms with Crippen LogP contribution in [0.4, 0.5) is 5.69 Å². The van der Waals surface area contributed by atoms with Crippen molar-refractivity contribution in [3.05, 3.63) is 93.8 Å². The van der Waals surface area contributed by atoms with Crippen LogP contribution in [0.15, 0.2) is 60.8 Å². The summed E-state index contributed by atoms with van der Waals surface area (Å²) in [5.41, 5.74) is 5.56. The Morgan fingerprint density at radius 1 is 1.11 bits per heavy atom. The first kappa shape index (κ1) is 25.3. The van der Waals surface area contributed by atoms with Crippen molar-refractivity contribution in [1.82, 2.24) is 9.88 Å². The zero-order valence-corrected chi connectivity index (χ0v) is 22.0. The van der Waals surface area contributed by atoms with Crippen molar-refractivity contribution in [2.24, 2.45) is 0 Å². The molecule has 1 fully saturated rings. The summed E-state index contributed by atoms with van der Waals surface area (Å²) in [5.74, 6) is 0.808. The minimum Gasteiger partial charge on any atom is -0.487 e. The number of aliphatic hydroxyl groups is 1. The number of piperazine rings is 1. The number of aromatic nitrogens is 1. The van der Waals surface area contributed by atoms with Gasteiger partial charge in [-0.25, -0.2) is 0 Å². The number of hydrogen-bond donors (Lipinski definition) is 1. The van der Waals surface area contributed by atoms with E-state index in [-0.39, 0.29) is 0 Å². The highest BCUT2D eigenvalue weighted by molar-refractivity contribution is 6.30. The normalized spacial score (nSPS) is 16.9. The van der Waals surface area contributed by atoms with E-state index in [0.717, 1.165) is 78.5 Å². The van der Waals surface area contributed by atoms with Crippen LogP contribution in [0.5, 0.6) is 5.75 Å². The molecule has 0 atom stereocenters. The molecule has 37 heavy (non-hydrogen) atoms. The van der Waals surface area contributed by atoms with Crippen LogP contribution in [0.2, 0.25) is 5.02 Å². The maximum Gasteiger partial charge on any atom is 0.131 e. The average Bonchev–Trinajstić information content (AvgIpc) is 3.05. The van der Waals surface area contributed by atoms with Crippen LogP contribution in [0.3, 0.4) is 0 Å². The Kier molecular flexibility index (Phi) is 7.21. The number of nitriles is 1. The van der Waals surface area contributed by atoms with Gasteiger partial charge in [-0.3, -0.25) is 9.88 Å². The lowest BCUT2D eigenvalue weighted by molar-refractivity contribution is 0.0785. The van der Waals surface area contributed by atoms with Gasteiger partial charge in [0.1, 0.15) is 18.4 Å². The van der Waals surface area contributed by atoms with Crippen LogP contribution in [0, 0.1) is 11.3 Å². The molecule has 3 heterocycles. The van der Waals surface area contributed by atoms with E-state index in [9.17, 15) is 10.4 Å². The van der Waals surface area contributed by atoms with Gasteiger partial charge in [0.25, 0.3) is 0 Å². The fraction of sp³-hybridized carbons (Fsp3) is 0.333. The van der Waals surface area contributed by atoms with Crippen molar-refractivity contribution < 1.29 is 9.84 Å².